The molecule has 0 saturated heterocycles. The van der Waals surface area contributed by atoms with Crippen LogP contribution >= 0.6 is 11.6 Å². The first-order valence-corrected chi connectivity index (χ1v) is 5.70. The fourth-order valence-corrected chi connectivity index (χ4v) is 1.48. The molecular weight excluding hydrogens is 240 g/mol. The Balaban J connectivity index is 2.06. The zero-order chi connectivity index (χ0) is 12.1. The third-order valence-electron chi connectivity index (χ3n) is 2.09. The summed E-state index contributed by atoms with van der Waals surface area (Å²) in [4.78, 5) is 8.31. The lowest BCUT2D eigenvalue weighted by Gasteiger charge is -2.07. The van der Waals surface area contributed by atoms with Crippen LogP contribution in [0.1, 0.15) is 12.7 Å². The summed E-state index contributed by atoms with van der Waals surface area (Å²) in [6.07, 6.45) is 3.19. The largest absolute Gasteiger partial charge is 0.467 e. The average Bonchev–Trinajstić information content (AvgIpc) is 2.83. The summed E-state index contributed by atoms with van der Waals surface area (Å²) < 4.78 is 5.21. The predicted octanol–water partition coefficient (Wildman–Crippen LogP) is 2.77. The quantitative estimate of drug-likeness (QED) is 0.857. The van der Waals surface area contributed by atoms with Gasteiger partial charge in [0.2, 0.25) is 5.95 Å². The molecule has 2 aromatic heterocycles. The molecule has 17 heavy (non-hydrogen) atoms. The van der Waals surface area contributed by atoms with Gasteiger partial charge >= 0.3 is 0 Å². The Morgan fingerprint density at radius 2 is 2.29 bits per heavy atom. The molecule has 2 aromatic rings. The van der Waals surface area contributed by atoms with E-state index in [9.17, 15) is 0 Å². The van der Waals surface area contributed by atoms with Crippen molar-refractivity contribution in [2.45, 2.75) is 13.5 Å². The van der Waals surface area contributed by atoms with Gasteiger partial charge in [-0.05, 0) is 19.1 Å². The van der Waals surface area contributed by atoms with Gasteiger partial charge in [-0.3, -0.25) is 0 Å². The van der Waals surface area contributed by atoms with Crippen molar-refractivity contribution in [2.24, 2.45) is 0 Å². The minimum atomic E-state index is 0.484. The topological polar surface area (TPSA) is 63.0 Å². The van der Waals surface area contributed by atoms with E-state index in [2.05, 4.69) is 20.6 Å². The van der Waals surface area contributed by atoms with Gasteiger partial charge in [-0.15, -0.1) is 0 Å². The van der Waals surface area contributed by atoms with Crippen LogP contribution in [0.4, 0.5) is 11.8 Å². The highest BCUT2D eigenvalue weighted by Crippen LogP contribution is 2.20. The lowest BCUT2D eigenvalue weighted by molar-refractivity contribution is 0.518. The lowest BCUT2D eigenvalue weighted by Crippen LogP contribution is -2.06. The van der Waals surface area contributed by atoms with Crippen LogP contribution in [0.15, 0.2) is 29.0 Å². The number of rotatable bonds is 5. The number of hydrogen-bond donors (Lipinski definition) is 2. The minimum Gasteiger partial charge on any atom is -0.467 e. The maximum Gasteiger partial charge on any atom is 0.224 e. The van der Waals surface area contributed by atoms with Gasteiger partial charge in [0.25, 0.3) is 0 Å². The standard InChI is InChI=1S/C11H13ClN4O/c1-2-13-11-15-7-9(12)10(16-11)14-6-8-4-3-5-17-8/h3-5,7H,2,6H2,1H3,(H2,13,14,15,16). The summed E-state index contributed by atoms with van der Waals surface area (Å²) in [5, 5.41) is 6.61. The van der Waals surface area contributed by atoms with Gasteiger partial charge in [-0.1, -0.05) is 11.6 Å². The summed E-state index contributed by atoms with van der Waals surface area (Å²) >= 11 is 5.99. The lowest BCUT2D eigenvalue weighted by atomic mass is 10.4. The number of nitrogens with one attached hydrogen (secondary N) is 2. The van der Waals surface area contributed by atoms with E-state index in [1.54, 1.807) is 12.5 Å². The molecule has 0 aliphatic rings. The van der Waals surface area contributed by atoms with Crippen LogP contribution in [0, 0.1) is 0 Å². The van der Waals surface area contributed by atoms with E-state index in [4.69, 9.17) is 16.0 Å². The van der Waals surface area contributed by atoms with Gasteiger partial charge in [0, 0.05) is 6.54 Å². The van der Waals surface area contributed by atoms with Gasteiger partial charge in [0.05, 0.1) is 19.0 Å². The fraction of sp³-hybridized carbons (Fsp3) is 0.273. The van der Waals surface area contributed by atoms with E-state index in [0.29, 0.717) is 23.3 Å². The number of hydrogen-bond acceptors (Lipinski definition) is 5. The Kier molecular flexibility index (Phi) is 3.82. The van der Waals surface area contributed by atoms with E-state index in [1.165, 1.54) is 0 Å². The summed E-state index contributed by atoms with van der Waals surface area (Å²) in [6, 6.07) is 3.72. The third kappa shape index (κ3) is 3.10. The number of anilines is 2. The van der Waals surface area contributed by atoms with Crippen molar-refractivity contribution in [1.29, 1.82) is 0 Å². The molecule has 6 heteroatoms. The predicted molar refractivity (Wildman–Crippen MR) is 67.2 cm³/mol. The first kappa shape index (κ1) is 11.7. The summed E-state index contributed by atoms with van der Waals surface area (Å²) in [5.74, 6) is 1.97. The summed E-state index contributed by atoms with van der Waals surface area (Å²) in [5.41, 5.74) is 0. The first-order chi connectivity index (χ1) is 8.29. The number of halogens is 1. The maximum atomic E-state index is 5.99. The van der Waals surface area contributed by atoms with Gasteiger partial charge in [0.15, 0.2) is 5.82 Å². The van der Waals surface area contributed by atoms with Crippen LogP contribution in [0.25, 0.3) is 0 Å². The Bertz CT molecular complexity index is 472. The van der Waals surface area contributed by atoms with Gasteiger partial charge < -0.3 is 15.1 Å². The molecule has 0 radical (unpaired) electrons. The molecule has 0 bridgehead atoms. The molecule has 0 spiro atoms. The Labute approximate surface area is 104 Å². The number of nitrogens with zero attached hydrogens (tertiary/aromatic N) is 2. The summed E-state index contributed by atoms with van der Waals surface area (Å²) in [6.45, 7) is 3.28. The van der Waals surface area contributed by atoms with Crippen molar-refractivity contribution in [1.82, 2.24) is 9.97 Å². The van der Waals surface area contributed by atoms with Crippen molar-refractivity contribution < 1.29 is 4.42 Å². The van der Waals surface area contributed by atoms with Gasteiger partial charge in [0.1, 0.15) is 10.8 Å². The Hall–Kier alpha value is -1.75. The Morgan fingerprint density at radius 3 is 3.00 bits per heavy atom. The minimum absolute atomic E-state index is 0.484. The van der Waals surface area contributed by atoms with Crippen molar-refractivity contribution in [2.75, 3.05) is 17.2 Å². The van der Waals surface area contributed by atoms with E-state index < -0.39 is 0 Å². The molecule has 0 fully saturated rings. The van der Waals surface area contributed by atoms with E-state index >= 15 is 0 Å². The SMILES string of the molecule is CCNc1ncc(Cl)c(NCc2ccco2)n1. The molecule has 2 N–H and O–H groups in total. The fourth-order valence-electron chi connectivity index (χ4n) is 1.32. The summed E-state index contributed by atoms with van der Waals surface area (Å²) in [7, 11) is 0. The second-order valence-corrected chi connectivity index (χ2v) is 3.76. The van der Waals surface area contributed by atoms with Crippen molar-refractivity contribution >= 4 is 23.4 Å². The van der Waals surface area contributed by atoms with Crippen molar-refractivity contribution in [3.63, 3.8) is 0 Å². The van der Waals surface area contributed by atoms with E-state index in [0.717, 1.165) is 12.3 Å². The Morgan fingerprint density at radius 1 is 1.41 bits per heavy atom. The molecule has 0 saturated carbocycles. The van der Waals surface area contributed by atoms with Crippen LogP contribution < -0.4 is 10.6 Å². The molecule has 0 atom stereocenters. The average molecular weight is 253 g/mol. The van der Waals surface area contributed by atoms with Crippen LogP contribution in [0.2, 0.25) is 5.02 Å². The molecule has 2 rings (SSSR count). The normalized spacial score (nSPS) is 10.2. The van der Waals surface area contributed by atoms with Crippen LogP contribution in [0.3, 0.4) is 0 Å². The smallest absolute Gasteiger partial charge is 0.224 e. The van der Waals surface area contributed by atoms with Crippen molar-refractivity contribution in [3.05, 3.63) is 35.4 Å². The molecule has 0 amide bonds. The highest BCUT2D eigenvalue weighted by molar-refractivity contribution is 6.32. The van der Waals surface area contributed by atoms with Crippen LogP contribution in [0.5, 0.6) is 0 Å². The molecular formula is C11H13ClN4O. The second-order valence-electron chi connectivity index (χ2n) is 3.35. The zero-order valence-electron chi connectivity index (χ0n) is 9.40. The van der Waals surface area contributed by atoms with E-state index in [-0.39, 0.29) is 0 Å². The molecule has 2 heterocycles. The van der Waals surface area contributed by atoms with Gasteiger partial charge in [-0.2, -0.15) is 4.98 Å². The monoisotopic (exact) mass is 252 g/mol. The number of aromatic nitrogens is 2. The highest BCUT2D eigenvalue weighted by atomic mass is 35.5. The molecule has 0 aliphatic heterocycles. The van der Waals surface area contributed by atoms with Crippen LogP contribution in [-0.2, 0) is 6.54 Å². The van der Waals surface area contributed by atoms with Crippen LogP contribution in [-0.4, -0.2) is 16.5 Å². The molecule has 0 aromatic carbocycles. The van der Waals surface area contributed by atoms with Crippen molar-refractivity contribution in [3.8, 4) is 0 Å². The molecule has 0 aliphatic carbocycles. The van der Waals surface area contributed by atoms with E-state index in [1.807, 2.05) is 19.1 Å². The second kappa shape index (κ2) is 5.54. The van der Waals surface area contributed by atoms with Gasteiger partial charge in [-0.25, -0.2) is 4.98 Å². The molecule has 5 nitrogen and oxygen atoms in total. The first-order valence-electron chi connectivity index (χ1n) is 5.32. The molecule has 0 unspecified atom stereocenters. The molecule has 90 valence electrons. The third-order valence-corrected chi connectivity index (χ3v) is 2.37. The zero-order valence-corrected chi connectivity index (χ0v) is 10.2. The maximum absolute atomic E-state index is 5.99. The highest BCUT2D eigenvalue weighted by Gasteiger charge is 2.05. The number of furan rings is 1.